The van der Waals surface area contributed by atoms with E-state index in [4.69, 9.17) is 14.6 Å². The number of nitrogens with one attached hydrogen (secondary N) is 1. The van der Waals surface area contributed by atoms with Gasteiger partial charge in [0, 0.05) is 13.7 Å². The molecule has 0 saturated heterocycles. The summed E-state index contributed by atoms with van der Waals surface area (Å²) in [6.07, 6.45) is 0. The maximum atomic E-state index is 13.5. The second kappa shape index (κ2) is 7.65. The van der Waals surface area contributed by atoms with Gasteiger partial charge in [-0.05, 0) is 12.1 Å². The topological polar surface area (TPSA) is 67.8 Å². The van der Waals surface area contributed by atoms with Crippen molar-refractivity contribution in [3.63, 3.8) is 0 Å². The normalized spacial score (nSPS) is 10.5. The fraction of sp³-hybridized carbons (Fsp3) is 0.417. The van der Waals surface area contributed by atoms with E-state index in [-0.39, 0.29) is 12.2 Å². The van der Waals surface area contributed by atoms with Crippen molar-refractivity contribution in [2.45, 2.75) is 0 Å². The summed E-state index contributed by atoms with van der Waals surface area (Å²) in [4.78, 5) is 10.6. The molecule has 0 atom stereocenters. The summed E-state index contributed by atoms with van der Waals surface area (Å²) in [5.74, 6) is -4.10. The number of hydrogen-bond acceptors (Lipinski definition) is 4. The molecule has 1 aromatic rings. The number of carbonyl (C=O) groups is 1. The maximum absolute atomic E-state index is 13.5. The molecule has 19 heavy (non-hydrogen) atoms. The monoisotopic (exact) mass is 275 g/mol. The van der Waals surface area contributed by atoms with Crippen LogP contribution in [0, 0.1) is 11.6 Å². The molecule has 0 spiro atoms. The highest BCUT2D eigenvalue weighted by molar-refractivity contribution is 5.88. The number of benzene rings is 1. The van der Waals surface area contributed by atoms with Gasteiger partial charge in [-0.15, -0.1) is 0 Å². The fourth-order valence-electron chi connectivity index (χ4n) is 1.35. The van der Waals surface area contributed by atoms with Gasteiger partial charge < -0.3 is 19.9 Å². The van der Waals surface area contributed by atoms with Crippen molar-refractivity contribution in [3.8, 4) is 0 Å². The Balaban J connectivity index is 2.51. The lowest BCUT2D eigenvalue weighted by molar-refractivity contribution is 0.0690. The highest BCUT2D eigenvalue weighted by Crippen LogP contribution is 2.20. The summed E-state index contributed by atoms with van der Waals surface area (Å²) < 4.78 is 36.7. The zero-order valence-electron chi connectivity index (χ0n) is 10.4. The number of carboxylic acids is 1. The van der Waals surface area contributed by atoms with Crippen molar-refractivity contribution in [2.75, 3.05) is 38.8 Å². The number of methoxy groups -OCH3 is 1. The SMILES string of the molecule is COCCOCCNc1ccc(C(=O)O)c(F)c1F. The molecule has 7 heteroatoms. The first-order chi connectivity index (χ1) is 9.07. The van der Waals surface area contributed by atoms with Crippen molar-refractivity contribution in [3.05, 3.63) is 29.3 Å². The maximum Gasteiger partial charge on any atom is 0.338 e. The van der Waals surface area contributed by atoms with Crippen LogP contribution in [0.15, 0.2) is 12.1 Å². The van der Waals surface area contributed by atoms with Crippen LogP contribution in [-0.2, 0) is 9.47 Å². The third kappa shape index (κ3) is 4.46. The van der Waals surface area contributed by atoms with E-state index in [1.54, 1.807) is 7.11 Å². The quantitative estimate of drug-likeness (QED) is 0.707. The molecule has 0 fully saturated rings. The van der Waals surface area contributed by atoms with Gasteiger partial charge in [-0.25, -0.2) is 13.6 Å². The van der Waals surface area contributed by atoms with Crippen LogP contribution in [0.2, 0.25) is 0 Å². The van der Waals surface area contributed by atoms with Gasteiger partial charge in [-0.3, -0.25) is 0 Å². The molecule has 106 valence electrons. The average molecular weight is 275 g/mol. The van der Waals surface area contributed by atoms with Crippen LogP contribution in [0.5, 0.6) is 0 Å². The van der Waals surface area contributed by atoms with Crippen LogP contribution < -0.4 is 5.32 Å². The number of carboxylic acid groups (broad SMARTS) is 1. The highest BCUT2D eigenvalue weighted by Gasteiger charge is 2.17. The predicted octanol–water partition coefficient (Wildman–Crippen LogP) is 1.74. The third-order valence-corrected chi connectivity index (χ3v) is 2.31. The summed E-state index contributed by atoms with van der Waals surface area (Å²) in [7, 11) is 1.55. The lowest BCUT2D eigenvalue weighted by Gasteiger charge is -2.09. The summed E-state index contributed by atoms with van der Waals surface area (Å²) in [6, 6.07) is 2.19. The number of hydrogen-bond donors (Lipinski definition) is 2. The van der Waals surface area contributed by atoms with Crippen LogP contribution in [0.25, 0.3) is 0 Å². The second-order valence-electron chi connectivity index (χ2n) is 3.63. The van der Waals surface area contributed by atoms with E-state index in [1.165, 1.54) is 6.07 Å². The van der Waals surface area contributed by atoms with Crippen molar-refractivity contribution in [1.29, 1.82) is 0 Å². The fourth-order valence-corrected chi connectivity index (χ4v) is 1.35. The van der Waals surface area contributed by atoms with Crippen LogP contribution >= 0.6 is 0 Å². The van der Waals surface area contributed by atoms with Gasteiger partial charge in [0.05, 0.1) is 31.1 Å². The van der Waals surface area contributed by atoms with Crippen LogP contribution in [0.4, 0.5) is 14.5 Å². The highest BCUT2D eigenvalue weighted by atomic mass is 19.2. The Kier molecular flexibility index (Phi) is 6.17. The molecule has 0 aliphatic rings. The summed E-state index contributed by atoms with van der Waals surface area (Å²) in [5.41, 5.74) is -0.794. The Morgan fingerprint density at radius 1 is 1.26 bits per heavy atom. The Hall–Kier alpha value is -1.73. The number of halogens is 2. The number of aromatic carboxylic acids is 1. The van der Waals surface area contributed by atoms with Gasteiger partial charge in [-0.1, -0.05) is 0 Å². The molecule has 0 amide bonds. The zero-order chi connectivity index (χ0) is 14.3. The van der Waals surface area contributed by atoms with Gasteiger partial charge >= 0.3 is 5.97 Å². The van der Waals surface area contributed by atoms with E-state index >= 15 is 0 Å². The van der Waals surface area contributed by atoms with E-state index in [1.807, 2.05) is 0 Å². The van der Waals surface area contributed by atoms with Crippen molar-refractivity contribution < 1.29 is 28.2 Å². The first kappa shape index (κ1) is 15.3. The van der Waals surface area contributed by atoms with E-state index in [0.717, 1.165) is 6.07 Å². The molecule has 0 radical (unpaired) electrons. The van der Waals surface area contributed by atoms with Gasteiger partial charge in [0.2, 0.25) is 0 Å². The largest absolute Gasteiger partial charge is 0.478 e. The van der Waals surface area contributed by atoms with Gasteiger partial charge in [-0.2, -0.15) is 0 Å². The van der Waals surface area contributed by atoms with Crippen molar-refractivity contribution in [2.24, 2.45) is 0 Å². The minimum Gasteiger partial charge on any atom is -0.478 e. The van der Waals surface area contributed by atoms with Crippen LogP contribution in [0.3, 0.4) is 0 Å². The molecule has 0 aliphatic carbocycles. The molecule has 1 aromatic carbocycles. The first-order valence-corrected chi connectivity index (χ1v) is 5.59. The molecule has 0 heterocycles. The first-order valence-electron chi connectivity index (χ1n) is 5.59. The van der Waals surface area contributed by atoms with E-state index in [9.17, 15) is 13.6 Å². The molecule has 5 nitrogen and oxygen atoms in total. The lowest BCUT2D eigenvalue weighted by atomic mass is 10.2. The summed E-state index contributed by atoms with van der Waals surface area (Å²) in [5, 5.41) is 11.2. The van der Waals surface area contributed by atoms with Crippen LogP contribution in [-0.4, -0.2) is 44.6 Å². The van der Waals surface area contributed by atoms with E-state index < -0.39 is 23.2 Å². The summed E-state index contributed by atoms with van der Waals surface area (Å²) >= 11 is 0. The Labute approximate surface area is 109 Å². The minimum absolute atomic E-state index is 0.0992. The Bertz CT molecular complexity index is 440. The minimum atomic E-state index is -1.51. The zero-order valence-corrected chi connectivity index (χ0v) is 10.4. The van der Waals surface area contributed by atoms with Gasteiger partial charge in [0.1, 0.15) is 0 Å². The van der Waals surface area contributed by atoms with Gasteiger partial charge in [0.15, 0.2) is 11.6 Å². The number of rotatable bonds is 8. The molecule has 2 N–H and O–H groups in total. The standard InChI is InChI=1S/C12H15F2NO4/c1-18-6-7-19-5-4-15-9-3-2-8(12(16)17)10(13)11(9)14/h2-3,15H,4-7H2,1H3,(H,16,17). The van der Waals surface area contributed by atoms with Gasteiger partial charge in [0.25, 0.3) is 0 Å². The third-order valence-electron chi connectivity index (χ3n) is 2.31. The predicted molar refractivity (Wildman–Crippen MR) is 64.5 cm³/mol. The Morgan fingerprint density at radius 3 is 2.63 bits per heavy atom. The molecular formula is C12H15F2NO4. The smallest absolute Gasteiger partial charge is 0.338 e. The molecule has 0 saturated carbocycles. The molecule has 0 bridgehead atoms. The molecule has 1 rings (SSSR count). The van der Waals surface area contributed by atoms with Crippen molar-refractivity contribution >= 4 is 11.7 Å². The molecular weight excluding hydrogens is 260 g/mol. The van der Waals surface area contributed by atoms with Crippen molar-refractivity contribution in [1.82, 2.24) is 0 Å². The molecule has 0 aromatic heterocycles. The Morgan fingerprint density at radius 2 is 2.00 bits per heavy atom. The summed E-state index contributed by atoms with van der Waals surface area (Å²) in [6.45, 7) is 1.43. The number of ether oxygens (including phenoxy) is 2. The second-order valence-corrected chi connectivity index (χ2v) is 3.63. The van der Waals surface area contributed by atoms with E-state index in [2.05, 4.69) is 5.32 Å². The lowest BCUT2D eigenvalue weighted by Crippen LogP contribution is -2.14. The average Bonchev–Trinajstić information content (AvgIpc) is 2.38. The van der Waals surface area contributed by atoms with E-state index in [0.29, 0.717) is 19.8 Å². The molecule has 0 unspecified atom stereocenters. The van der Waals surface area contributed by atoms with Crippen LogP contribution in [0.1, 0.15) is 10.4 Å². The molecule has 0 aliphatic heterocycles. The number of anilines is 1.